The Morgan fingerprint density at radius 3 is 2.70 bits per heavy atom. The molecule has 0 aliphatic carbocycles. The molecule has 20 heavy (non-hydrogen) atoms. The number of nitrogens with zero attached hydrogens (tertiary/aromatic N) is 2. The molecule has 1 aliphatic heterocycles. The van der Waals surface area contributed by atoms with Crippen molar-refractivity contribution in [1.82, 2.24) is 14.6 Å². The maximum atomic E-state index is 13.6. The molecule has 3 N–H and O–H groups in total. The minimum atomic E-state index is -4.01. The summed E-state index contributed by atoms with van der Waals surface area (Å²) < 4.78 is 40.7. The van der Waals surface area contributed by atoms with Crippen LogP contribution in [0.2, 0.25) is 0 Å². The van der Waals surface area contributed by atoms with E-state index in [2.05, 4.69) is 14.6 Å². The van der Waals surface area contributed by atoms with Gasteiger partial charge in [-0.2, -0.15) is 0 Å². The zero-order valence-corrected chi connectivity index (χ0v) is 12.2. The molecule has 0 amide bonds. The Morgan fingerprint density at radius 1 is 1.50 bits per heavy atom. The highest BCUT2D eigenvalue weighted by atomic mass is 32.2. The fourth-order valence-electron chi connectivity index (χ4n) is 2.30. The smallest absolute Gasteiger partial charge is 0.261 e. The lowest BCUT2D eigenvalue weighted by Gasteiger charge is -2.40. The average molecular weight is 302 g/mol. The lowest BCUT2D eigenvalue weighted by molar-refractivity contribution is 0.182. The molecule has 2 rings (SSSR count). The van der Waals surface area contributed by atoms with Crippen molar-refractivity contribution in [2.24, 2.45) is 5.73 Å². The summed E-state index contributed by atoms with van der Waals surface area (Å²) in [5.41, 5.74) is 5.02. The summed E-state index contributed by atoms with van der Waals surface area (Å²) in [4.78, 5) is 5.72. The summed E-state index contributed by atoms with van der Waals surface area (Å²) in [6, 6.07) is 2.42. The third kappa shape index (κ3) is 3.14. The highest BCUT2D eigenvalue weighted by Crippen LogP contribution is 2.23. The minimum absolute atomic E-state index is 0.175. The van der Waals surface area contributed by atoms with Crippen LogP contribution in [0, 0.1) is 5.82 Å². The third-order valence-electron chi connectivity index (χ3n) is 3.67. The fourth-order valence-corrected chi connectivity index (χ4v) is 3.78. The van der Waals surface area contributed by atoms with Crippen LogP contribution in [0.5, 0.6) is 0 Å². The zero-order chi connectivity index (χ0) is 14.8. The molecule has 0 radical (unpaired) electrons. The molecule has 2 heterocycles. The molecule has 0 atom stereocenters. The molecule has 0 unspecified atom stereocenters. The van der Waals surface area contributed by atoms with Crippen molar-refractivity contribution >= 4 is 10.0 Å². The maximum absolute atomic E-state index is 13.6. The molecule has 0 aromatic carbocycles. The van der Waals surface area contributed by atoms with Gasteiger partial charge in [0.25, 0.3) is 10.0 Å². The second-order valence-corrected chi connectivity index (χ2v) is 6.78. The molecular weight excluding hydrogens is 283 g/mol. The van der Waals surface area contributed by atoms with E-state index in [0.29, 0.717) is 12.8 Å². The van der Waals surface area contributed by atoms with E-state index in [4.69, 9.17) is 5.73 Å². The van der Waals surface area contributed by atoms with Gasteiger partial charge in [-0.3, -0.25) is 0 Å². The van der Waals surface area contributed by atoms with Gasteiger partial charge >= 0.3 is 0 Å². The van der Waals surface area contributed by atoms with Gasteiger partial charge in [-0.1, -0.05) is 0 Å². The van der Waals surface area contributed by atoms with Crippen molar-refractivity contribution < 1.29 is 12.8 Å². The number of aromatic nitrogens is 1. The van der Waals surface area contributed by atoms with Gasteiger partial charge in [-0.05, 0) is 45.1 Å². The van der Waals surface area contributed by atoms with Crippen LogP contribution in [0.4, 0.5) is 4.39 Å². The minimum Gasteiger partial charge on any atom is -0.329 e. The molecule has 1 saturated heterocycles. The lowest BCUT2D eigenvalue weighted by Crippen LogP contribution is -2.58. The number of pyridine rings is 1. The van der Waals surface area contributed by atoms with Crippen molar-refractivity contribution in [2.45, 2.75) is 23.4 Å². The van der Waals surface area contributed by atoms with Crippen molar-refractivity contribution in [3.63, 3.8) is 0 Å². The molecular formula is C12H19FN4O2S. The number of piperidine rings is 1. The first-order valence-corrected chi connectivity index (χ1v) is 7.90. The number of halogens is 1. The van der Waals surface area contributed by atoms with E-state index in [9.17, 15) is 12.8 Å². The normalized spacial score (nSPS) is 19.9. The monoisotopic (exact) mass is 302 g/mol. The zero-order valence-electron chi connectivity index (χ0n) is 11.3. The summed E-state index contributed by atoms with van der Waals surface area (Å²) in [7, 11) is -2.05. The van der Waals surface area contributed by atoms with Gasteiger partial charge in [-0.25, -0.2) is 22.5 Å². The van der Waals surface area contributed by atoms with E-state index >= 15 is 0 Å². The van der Waals surface area contributed by atoms with Crippen molar-refractivity contribution in [3.05, 3.63) is 24.1 Å². The summed E-state index contributed by atoms with van der Waals surface area (Å²) in [5, 5.41) is -0.577. The lowest BCUT2D eigenvalue weighted by atomic mass is 9.89. The molecule has 1 aromatic heterocycles. The molecule has 1 aliphatic rings. The Morgan fingerprint density at radius 2 is 2.15 bits per heavy atom. The number of hydrogen-bond acceptors (Lipinski definition) is 5. The molecule has 0 bridgehead atoms. The third-order valence-corrected chi connectivity index (χ3v) is 5.18. The van der Waals surface area contributed by atoms with Gasteiger partial charge in [0.05, 0.1) is 0 Å². The van der Waals surface area contributed by atoms with Gasteiger partial charge in [0.1, 0.15) is 0 Å². The van der Waals surface area contributed by atoms with Gasteiger partial charge in [0.15, 0.2) is 5.82 Å². The quantitative estimate of drug-likeness (QED) is 0.812. The Hall–Kier alpha value is -1.09. The van der Waals surface area contributed by atoms with E-state index in [1.807, 2.05) is 7.05 Å². The maximum Gasteiger partial charge on any atom is 0.261 e. The van der Waals surface area contributed by atoms with Crippen LogP contribution < -0.4 is 10.5 Å². The van der Waals surface area contributed by atoms with Crippen LogP contribution in [-0.2, 0) is 10.0 Å². The summed E-state index contributed by atoms with van der Waals surface area (Å²) in [6.45, 7) is 1.66. The molecule has 0 spiro atoms. The summed E-state index contributed by atoms with van der Waals surface area (Å²) >= 11 is 0. The van der Waals surface area contributed by atoms with Crippen molar-refractivity contribution in [1.29, 1.82) is 0 Å². The van der Waals surface area contributed by atoms with Crippen LogP contribution in [0.1, 0.15) is 12.8 Å². The summed E-state index contributed by atoms with van der Waals surface area (Å²) in [5.74, 6) is -0.861. The molecule has 1 fully saturated rings. The first-order valence-electron chi connectivity index (χ1n) is 6.42. The summed E-state index contributed by atoms with van der Waals surface area (Å²) in [6.07, 6.45) is 2.43. The first kappa shape index (κ1) is 15.3. The highest BCUT2D eigenvalue weighted by Gasteiger charge is 2.37. The SMILES string of the molecule is CN1CCC(CN)(NS(=O)(=O)c2ncccc2F)CC1. The van der Waals surface area contributed by atoms with Gasteiger partial charge in [-0.15, -0.1) is 0 Å². The molecule has 112 valence electrons. The molecule has 1 aromatic rings. The number of sulfonamides is 1. The average Bonchev–Trinajstić information content (AvgIpc) is 2.42. The van der Waals surface area contributed by atoms with Crippen LogP contribution in [-0.4, -0.2) is 50.5 Å². The largest absolute Gasteiger partial charge is 0.329 e. The number of rotatable bonds is 4. The van der Waals surface area contributed by atoms with E-state index < -0.39 is 26.4 Å². The van der Waals surface area contributed by atoms with Gasteiger partial charge in [0, 0.05) is 18.3 Å². The van der Waals surface area contributed by atoms with E-state index in [-0.39, 0.29) is 6.54 Å². The molecule has 6 nitrogen and oxygen atoms in total. The number of likely N-dealkylation sites (tertiary alicyclic amines) is 1. The predicted octanol–water partition coefficient (Wildman–Crippen LogP) is -0.0779. The topological polar surface area (TPSA) is 88.3 Å². The Kier molecular flexibility index (Phi) is 4.38. The van der Waals surface area contributed by atoms with E-state index in [1.54, 1.807) is 0 Å². The fraction of sp³-hybridized carbons (Fsp3) is 0.583. The van der Waals surface area contributed by atoms with Crippen molar-refractivity contribution in [2.75, 3.05) is 26.7 Å². The van der Waals surface area contributed by atoms with Crippen LogP contribution in [0.3, 0.4) is 0 Å². The van der Waals surface area contributed by atoms with Crippen LogP contribution in [0.25, 0.3) is 0 Å². The second-order valence-electron chi connectivity index (χ2n) is 5.18. The van der Waals surface area contributed by atoms with E-state index in [1.165, 1.54) is 12.3 Å². The van der Waals surface area contributed by atoms with Crippen LogP contribution >= 0.6 is 0 Å². The Labute approximate surface area is 118 Å². The van der Waals surface area contributed by atoms with Crippen LogP contribution in [0.15, 0.2) is 23.4 Å². The second kappa shape index (κ2) is 5.72. The highest BCUT2D eigenvalue weighted by molar-refractivity contribution is 7.89. The van der Waals surface area contributed by atoms with E-state index in [0.717, 1.165) is 19.2 Å². The van der Waals surface area contributed by atoms with Gasteiger partial charge in [0.2, 0.25) is 5.03 Å². The number of nitrogens with one attached hydrogen (secondary N) is 1. The van der Waals surface area contributed by atoms with Crippen molar-refractivity contribution in [3.8, 4) is 0 Å². The first-order chi connectivity index (χ1) is 9.38. The number of hydrogen-bond donors (Lipinski definition) is 2. The molecule has 0 saturated carbocycles. The molecule has 8 heteroatoms. The van der Waals surface area contributed by atoms with Gasteiger partial charge < -0.3 is 10.6 Å². The Bertz CT molecular complexity index is 571. The predicted molar refractivity (Wildman–Crippen MR) is 73.0 cm³/mol. The standard InChI is InChI=1S/C12H19FN4O2S/c1-17-7-4-12(9-14,5-8-17)16-20(18,19)11-10(13)3-2-6-15-11/h2-3,6,16H,4-5,7-9,14H2,1H3. The number of nitrogens with two attached hydrogens (primary N) is 1. The Balaban J connectivity index is 2.25.